The number of carboxylic acid groups (broad SMARTS) is 1. The van der Waals surface area contributed by atoms with E-state index in [-0.39, 0.29) is 81.2 Å². The van der Waals surface area contributed by atoms with Crippen LogP contribution in [0.15, 0.2) is 0 Å². The lowest BCUT2D eigenvalue weighted by Gasteiger charge is -2.34. The number of aliphatic carboxylic acids is 1. The molecule has 43 heavy (non-hydrogen) atoms. The molecule has 0 amide bonds. The monoisotopic (exact) mass is 621 g/mol. The average molecular weight is 621 g/mol. The third kappa shape index (κ3) is 13.9. The highest BCUT2D eigenvalue weighted by Gasteiger charge is 2.55. The van der Waals surface area contributed by atoms with E-state index in [1.54, 1.807) is 6.92 Å². The Kier molecular flexibility index (Phi) is 26.0. The van der Waals surface area contributed by atoms with Crippen molar-refractivity contribution in [3.8, 4) is 0 Å². The van der Waals surface area contributed by atoms with Crippen molar-refractivity contribution in [2.45, 2.75) is 169 Å². The van der Waals surface area contributed by atoms with Crippen molar-refractivity contribution in [3.05, 3.63) is 0 Å². The largest absolute Gasteiger partial charge is 0.481 e. The van der Waals surface area contributed by atoms with Crippen molar-refractivity contribution in [2.24, 2.45) is 34.0 Å². The Balaban J connectivity index is -0.000000256. The number of carbonyl (C=O) groups is 3. The van der Waals surface area contributed by atoms with E-state index in [1.165, 1.54) is 32.8 Å². The van der Waals surface area contributed by atoms with Gasteiger partial charge in [-0.1, -0.05) is 79.2 Å². The minimum Gasteiger partial charge on any atom is -0.481 e. The van der Waals surface area contributed by atoms with Crippen LogP contribution in [0, 0.1) is 34.0 Å². The Labute approximate surface area is 268 Å². The number of hydrogen-bond donors (Lipinski definition) is 1. The molecule has 3 rings (SSSR count). The molecule has 2 aliphatic carbocycles. The maximum absolute atomic E-state index is 12.1. The first-order valence-electron chi connectivity index (χ1n) is 14.4. The lowest BCUT2D eigenvalue weighted by molar-refractivity contribution is -0.187. The predicted octanol–water partition coefficient (Wildman–Crippen LogP) is 10.6. The van der Waals surface area contributed by atoms with Crippen LogP contribution in [0.3, 0.4) is 0 Å². The molecule has 3 fully saturated rings. The summed E-state index contributed by atoms with van der Waals surface area (Å²) in [5.41, 5.74) is 0.635. The van der Waals surface area contributed by atoms with Crippen molar-refractivity contribution in [3.63, 3.8) is 0 Å². The number of rotatable bonds is 11. The molecule has 3 aliphatic rings. The molecule has 1 heterocycles. The Morgan fingerprint density at radius 1 is 0.953 bits per heavy atom. The summed E-state index contributed by atoms with van der Waals surface area (Å²) in [5, 5.41) is 9.24. The van der Waals surface area contributed by atoms with Gasteiger partial charge < -0.3 is 19.3 Å². The second-order valence-corrected chi connectivity index (χ2v) is 13.0. The third-order valence-corrected chi connectivity index (χ3v) is 9.98. The topological polar surface area (TPSA) is 99.1 Å². The van der Waals surface area contributed by atoms with Crippen LogP contribution < -0.4 is 0 Å². The molecule has 0 radical (unpaired) electrons. The molecule has 7 heteroatoms. The van der Waals surface area contributed by atoms with Crippen LogP contribution in [0.25, 0.3) is 0 Å². The molecular weight excluding hydrogens is 544 g/mol. The molecule has 1 aliphatic heterocycles. The summed E-state index contributed by atoms with van der Waals surface area (Å²) in [6.45, 7) is 13.6. The van der Waals surface area contributed by atoms with Crippen molar-refractivity contribution in [2.75, 3.05) is 13.7 Å². The van der Waals surface area contributed by atoms with Crippen LogP contribution in [0.5, 0.6) is 0 Å². The number of hydrogen-bond acceptors (Lipinski definition) is 6. The number of esters is 2. The number of ether oxygens (including phenoxy) is 3. The van der Waals surface area contributed by atoms with E-state index in [4.69, 9.17) is 14.2 Å². The van der Waals surface area contributed by atoms with Gasteiger partial charge >= 0.3 is 17.9 Å². The fourth-order valence-corrected chi connectivity index (χ4v) is 6.79. The number of methoxy groups -OCH3 is 1. The zero-order chi connectivity index (χ0) is 27.9. The Morgan fingerprint density at radius 2 is 1.51 bits per heavy atom. The van der Waals surface area contributed by atoms with Crippen molar-refractivity contribution in [1.82, 2.24) is 0 Å². The van der Waals surface area contributed by atoms with Gasteiger partial charge in [0, 0.05) is 19.3 Å². The van der Waals surface area contributed by atoms with Gasteiger partial charge in [0.2, 0.25) is 6.29 Å². The SMILES string of the molecule is C.C.C.C.C.C.CC12CCC(CC1)C2(C)C.CCC(C)(CC(CC(=O)O)CC(C)CC(=O)OC1CCCCO1)C(=O)OC. The highest BCUT2D eigenvalue weighted by Crippen LogP contribution is 2.65. The normalized spacial score (nSPS) is 25.2. The van der Waals surface area contributed by atoms with E-state index in [0.29, 0.717) is 36.7 Å². The highest BCUT2D eigenvalue weighted by atomic mass is 16.7. The van der Waals surface area contributed by atoms with Crippen LogP contribution >= 0.6 is 0 Å². The first kappa shape index (κ1) is 51.0. The minimum atomic E-state index is -0.909. The minimum absolute atomic E-state index is 0. The van der Waals surface area contributed by atoms with E-state index in [2.05, 4.69) is 20.8 Å². The van der Waals surface area contributed by atoms with Crippen LogP contribution in [-0.2, 0) is 28.6 Å². The summed E-state index contributed by atoms with van der Waals surface area (Å²) < 4.78 is 15.7. The predicted molar refractivity (Wildman–Crippen MR) is 183 cm³/mol. The van der Waals surface area contributed by atoms with E-state index in [1.807, 2.05) is 13.8 Å². The smallest absolute Gasteiger partial charge is 0.311 e. The number of carboxylic acids is 1. The van der Waals surface area contributed by atoms with Gasteiger partial charge in [-0.05, 0) is 93.3 Å². The molecule has 0 spiro atoms. The molecular formula is C36H76O7. The average Bonchev–Trinajstić information content (AvgIpc) is 3.19. The third-order valence-electron chi connectivity index (χ3n) is 9.98. The zero-order valence-corrected chi connectivity index (χ0v) is 24.4. The van der Waals surface area contributed by atoms with Gasteiger partial charge in [0.1, 0.15) is 0 Å². The lowest BCUT2D eigenvalue weighted by Crippen LogP contribution is -2.32. The van der Waals surface area contributed by atoms with Crippen LogP contribution in [0.4, 0.5) is 0 Å². The fraction of sp³-hybridized carbons (Fsp3) is 0.917. The molecule has 4 atom stereocenters. The Bertz CT molecular complexity index is 761. The van der Waals surface area contributed by atoms with Gasteiger partial charge in [-0.3, -0.25) is 14.4 Å². The molecule has 262 valence electrons. The van der Waals surface area contributed by atoms with Crippen LogP contribution in [-0.4, -0.2) is 43.0 Å². The second kappa shape index (κ2) is 22.0. The van der Waals surface area contributed by atoms with Crippen LogP contribution in [0.1, 0.15) is 163 Å². The molecule has 4 unspecified atom stereocenters. The molecule has 2 bridgehead atoms. The Hall–Kier alpha value is -1.63. The fourth-order valence-electron chi connectivity index (χ4n) is 6.79. The summed E-state index contributed by atoms with van der Waals surface area (Å²) in [5.74, 6) is -0.785. The summed E-state index contributed by atoms with van der Waals surface area (Å²) in [4.78, 5) is 35.5. The van der Waals surface area contributed by atoms with Gasteiger partial charge in [0.15, 0.2) is 0 Å². The summed E-state index contributed by atoms with van der Waals surface area (Å²) >= 11 is 0. The highest BCUT2D eigenvalue weighted by molar-refractivity contribution is 5.76. The molecule has 1 saturated heterocycles. The van der Waals surface area contributed by atoms with Gasteiger partial charge in [0.05, 0.1) is 19.1 Å². The van der Waals surface area contributed by atoms with Crippen molar-refractivity contribution >= 4 is 17.9 Å². The maximum Gasteiger partial charge on any atom is 0.311 e. The van der Waals surface area contributed by atoms with E-state index in [0.717, 1.165) is 25.2 Å². The van der Waals surface area contributed by atoms with Gasteiger partial charge in [-0.25, -0.2) is 0 Å². The molecule has 0 aromatic heterocycles. The molecule has 0 aromatic rings. The van der Waals surface area contributed by atoms with Gasteiger partial charge in [-0.15, -0.1) is 0 Å². The first-order chi connectivity index (χ1) is 17.3. The van der Waals surface area contributed by atoms with E-state index in [9.17, 15) is 19.5 Å². The summed E-state index contributed by atoms with van der Waals surface area (Å²) in [6, 6.07) is 0. The quantitative estimate of drug-likeness (QED) is 0.229. The maximum atomic E-state index is 12.1. The van der Waals surface area contributed by atoms with Crippen LogP contribution in [0.2, 0.25) is 0 Å². The first-order valence-corrected chi connectivity index (χ1v) is 14.4. The number of fused-ring (bicyclic) bond motifs is 2. The van der Waals surface area contributed by atoms with Gasteiger partial charge in [0.25, 0.3) is 0 Å². The molecule has 1 N–H and O–H groups in total. The standard InChI is InChI=1S/C20H34O7.C10H18.6CH4/c1-5-20(3,19(24)25-4)13-15(12-16(21)22)10-14(2)11-17(23)27-18-8-6-7-9-26-18;1-9(2)8-4-6-10(9,3)7-5-8;;;;;;/h14-15,18H,5-13H2,1-4H3,(H,21,22);8H,4-7H2,1-3H3;6*1H4. The molecule has 0 aromatic carbocycles. The van der Waals surface area contributed by atoms with Crippen molar-refractivity contribution in [1.29, 1.82) is 0 Å². The van der Waals surface area contributed by atoms with E-state index >= 15 is 0 Å². The lowest BCUT2D eigenvalue weighted by atomic mass is 9.71. The van der Waals surface area contributed by atoms with Crippen molar-refractivity contribution < 1.29 is 33.7 Å². The molecule has 7 nitrogen and oxygen atoms in total. The van der Waals surface area contributed by atoms with Gasteiger partial charge in [-0.2, -0.15) is 0 Å². The van der Waals surface area contributed by atoms with E-state index < -0.39 is 17.7 Å². The zero-order valence-electron chi connectivity index (χ0n) is 24.4. The molecule has 2 saturated carbocycles. The summed E-state index contributed by atoms with van der Waals surface area (Å²) in [6.07, 6.45) is 9.87. The summed E-state index contributed by atoms with van der Waals surface area (Å²) in [7, 11) is 1.34. The number of carbonyl (C=O) groups excluding carboxylic acids is 2. The second-order valence-electron chi connectivity index (χ2n) is 13.0. The Morgan fingerprint density at radius 3 is 1.86 bits per heavy atom.